The van der Waals surface area contributed by atoms with Crippen LogP contribution in [0.25, 0.3) is 0 Å². The Morgan fingerprint density at radius 2 is 1.95 bits per heavy atom. The van der Waals surface area contributed by atoms with Gasteiger partial charge in [0.15, 0.2) is 0 Å². The molecule has 4 heteroatoms. The fourth-order valence-electron chi connectivity index (χ4n) is 2.63. The number of benzene rings is 1. The lowest BCUT2D eigenvalue weighted by Crippen LogP contribution is -2.43. The maximum Gasteiger partial charge on any atom is 0.309 e. The molecule has 0 aromatic heterocycles. The molecule has 1 saturated heterocycles. The van der Waals surface area contributed by atoms with Gasteiger partial charge in [-0.05, 0) is 45.8 Å². The Morgan fingerprint density at radius 3 is 2.47 bits per heavy atom. The molecule has 0 bridgehead atoms. The summed E-state index contributed by atoms with van der Waals surface area (Å²) in [6, 6.07) is 6.77. The molecule has 19 heavy (non-hydrogen) atoms. The molecule has 1 aromatic carbocycles. The number of aliphatic carboxylic acids is 1. The van der Waals surface area contributed by atoms with E-state index in [0.29, 0.717) is 31.5 Å². The summed E-state index contributed by atoms with van der Waals surface area (Å²) in [4.78, 5) is 13.4. The number of carbonyl (C=O) groups is 1. The molecule has 1 fully saturated rings. The predicted molar refractivity (Wildman–Crippen MR) is 71.4 cm³/mol. The molecule has 0 aliphatic carbocycles. The molecule has 2 rings (SSSR count). The molecule has 1 aromatic rings. The highest BCUT2D eigenvalue weighted by Gasteiger charge is 2.38. The summed E-state index contributed by atoms with van der Waals surface area (Å²) in [6.45, 7) is 5.15. The van der Waals surface area contributed by atoms with Crippen LogP contribution in [-0.2, 0) is 4.79 Å². The fraction of sp³-hybridized carbons (Fsp3) is 0.533. The van der Waals surface area contributed by atoms with Gasteiger partial charge in [-0.1, -0.05) is 18.2 Å². The lowest BCUT2D eigenvalue weighted by Gasteiger charge is -2.39. The van der Waals surface area contributed by atoms with Gasteiger partial charge in [-0.15, -0.1) is 0 Å². The van der Waals surface area contributed by atoms with Crippen LogP contribution in [0.3, 0.4) is 0 Å². The SMILES string of the molecule is CC(c1ccccc1F)N1CCC(C)(C(=O)O)CC1. The molecule has 3 nitrogen and oxygen atoms in total. The minimum atomic E-state index is -0.731. The average molecular weight is 265 g/mol. The number of likely N-dealkylation sites (tertiary alicyclic amines) is 1. The number of piperidine rings is 1. The molecule has 0 saturated carbocycles. The molecule has 0 spiro atoms. The monoisotopic (exact) mass is 265 g/mol. The van der Waals surface area contributed by atoms with Crippen LogP contribution in [-0.4, -0.2) is 29.1 Å². The van der Waals surface area contributed by atoms with Gasteiger partial charge < -0.3 is 5.11 Å². The molecular formula is C15H20FNO2. The fourth-order valence-corrected chi connectivity index (χ4v) is 2.63. The Balaban J connectivity index is 2.06. The highest BCUT2D eigenvalue weighted by atomic mass is 19.1. The first-order valence-electron chi connectivity index (χ1n) is 6.66. The Morgan fingerprint density at radius 1 is 1.37 bits per heavy atom. The Kier molecular flexibility index (Phi) is 3.90. The van der Waals surface area contributed by atoms with Gasteiger partial charge in [0.05, 0.1) is 5.41 Å². The van der Waals surface area contributed by atoms with Crippen LogP contribution in [0.15, 0.2) is 24.3 Å². The molecular weight excluding hydrogens is 245 g/mol. The topological polar surface area (TPSA) is 40.5 Å². The largest absolute Gasteiger partial charge is 0.481 e. The summed E-state index contributed by atoms with van der Waals surface area (Å²) < 4.78 is 13.8. The quantitative estimate of drug-likeness (QED) is 0.913. The minimum Gasteiger partial charge on any atom is -0.481 e. The normalized spacial score (nSPS) is 21.0. The summed E-state index contributed by atoms with van der Waals surface area (Å²) in [5.41, 5.74) is 0.0484. The smallest absolute Gasteiger partial charge is 0.309 e. The van der Waals surface area contributed by atoms with Gasteiger partial charge in [-0.2, -0.15) is 0 Å². The van der Waals surface area contributed by atoms with Crippen LogP contribution in [0, 0.1) is 11.2 Å². The van der Waals surface area contributed by atoms with Crippen LogP contribution in [0.2, 0.25) is 0 Å². The van der Waals surface area contributed by atoms with Crippen molar-refractivity contribution in [2.24, 2.45) is 5.41 Å². The molecule has 0 amide bonds. The molecule has 1 aliphatic rings. The third-order valence-electron chi connectivity index (χ3n) is 4.32. The first-order valence-corrected chi connectivity index (χ1v) is 6.66. The lowest BCUT2D eigenvalue weighted by atomic mass is 9.80. The van der Waals surface area contributed by atoms with Crippen LogP contribution in [0.1, 0.15) is 38.3 Å². The molecule has 104 valence electrons. The van der Waals surface area contributed by atoms with Crippen molar-refractivity contribution in [1.82, 2.24) is 4.90 Å². The maximum atomic E-state index is 13.8. The van der Waals surface area contributed by atoms with Gasteiger partial charge >= 0.3 is 5.97 Å². The maximum absolute atomic E-state index is 13.8. The molecule has 1 N–H and O–H groups in total. The zero-order valence-electron chi connectivity index (χ0n) is 11.4. The first-order chi connectivity index (χ1) is 8.94. The van der Waals surface area contributed by atoms with Crippen LogP contribution >= 0.6 is 0 Å². The summed E-state index contributed by atoms with van der Waals surface area (Å²) in [6.07, 6.45) is 1.22. The van der Waals surface area contributed by atoms with E-state index in [1.54, 1.807) is 19.1 Å². The first kappa shape index (κ1) is 14.0. The number of rotatable bonds is 3. The Hall–Kier alpha value is -1.42. The average Bonchev–Trinajstić information content (AvgIpc) is 2.39. The van der Waals surface area contributed by atoms with Gasteiger partial charge in [-0.3, -0.25) is 9.69 Å². The summed E-state index contributed by atoms with van der Waals surface area (Å²) >= 11 is 0. The highest BCUT2D eigenvalue weighted by molar-refractivity contribution is 5.74. The minimum absolute atomic E-state index is 0.0143. The van der Waals surface area contributed by atoms with E-state index in [9.17, 15) is 14.3 Å². The molecule has 1 heterocycles. The van der Waals surface area contributed by atoms with Crippen molar-refractivity contribution in [3.63, 3.8) is 0 Å². The summed E-state index contributed by atoms with van der Waals surface area (Å²) in [5.74, 6) is -0.924. The second-order valence-corrected chi connectivity index (χ2v) is 5.60. The number of hydrogen-bond donors (Lipinski definition) is 1. The van der Waals surface area contributed by atoms with Gasteiger partial charge in [-0.25, -0.2) is 4.39 Å². The zero-order chi connectivity index (χ0) is 14.0. The van der Waals surface area contributed by atoms with E-state index >= 15 is 0 Å². The number of halogens is 1. The van der Waals surface area contributed by atoms with Gasteiger partial charge in [0, 0.05) is 11.6 Å². The van der Waals surface area contributed by atoms with Crippen molar-refractivity contribution in [2.45, 2.75) is 32.7 Å². The van der Waals surface area contributed by atoms with E-state index in [1.807, 2.05) is 13.0 Å². The van der Waals surface area contributed by atoms with E-state index in [-0.39, 0.29) is 11.9 Å². The van der Waals surface area contributed by atoms with Crippen LogP contribution < -0.4 is 0 Å². The third-order valence-corrected chi connectivity index (χ3v) is 4.32. The van der Waals surface area contributed by atoms with Crippen molar-refractivity contribution in [3.05, 3.63) is 35.6 Å². The number of hydrogen-bond acceptors (Lipinski definition) is 2. The zero-order valence-corrected chi connectivity index (χ0v) is 11.4. The summed E-state index contributed by atoms with van der Waals surface area (Å²) in [5, 5.41) is 9.20. The number of carboxylic acids is 1. The van der Waals surface area contributed by atoms with E-state index < -0.39 is 11.4 Å². The van der Waals surface area contributed by atoms with Gasteiger partial charge in [0.25, 0.3) is 0 Å². The molecule has 0 radical (unpaired) electrons. The van der Waals surface area contributed by atoms with Crippen LogP contribution in [0.5, 0.6) is 0 Å². The number of carboxylic acid groups (broad SMARTS) is 1. The van der Waals surface area contributed by atoms with Crippen LogP contribution in [0.4, 0.5) is 4.39 Å². The molecule has 1 aliphatic heterocycles. The second kappa shape index (κ2) is 5.29. The van der Waals surface area contributed by atoms with Gasteiger partial charge in [0.2, 0.25) is 0 Å². The van der Waals surface area contributed by atoms with E-state index in [0.717, 1.165) is 0 Å². The van der Waals surface area contributed by atoms with Crippen molar-refractivity contribution in [2.75, 3.05) is 13.1 Å². The van der Waals surface area contributed by atoms with E-state index in [2.05, 4.69) is 4.90 Å². The second-order valence-electron chi connectivity index (χ2n) is 5.60. The summed E-state index contributed by atoms with van der Waals surface area (Å²) in [7, 11) is 0. The Bertz CT molecular complexity index is 467. The van der Waals surface area contributed by atoms with E-state index in [1.165, 1.54) is 6.07 Å². The van der Waals surface area contributed by atoms with E-state index in [4.69, 9.17) is 0 Å². The Labute approximate surface area is 113 Å². The lowest BCUT2D eigenvalue weighted by molar-refractivity contribution is -0.151. The standard InChI is InChI=1S/C15H20FNO2/c1-11(12-5-3-4-6-13(12)16)17-9-7-15(2,8-10-17)14(18)19/h3-6,11H,7-10H2,1-2H3,(H,18,19). The highest BCUT2D eigenvalue weighted by Crippen LogP contribution is 2.35. The predicted octanol–water partition coefficient (Wildman–Crippen LogP) is 3.07. The third kappa shape index (κ3) is 2.78. The number of nitrogens with zero attached hydrogens (tertiary/aromatic N) is 1. The molecule has 1 unspecified atom stereocenters. The van der Waals surface area contributed by atoms with Crippen molar-refractivity contribution in [1.29, 1.82) is 0 Å². The molecule has 1 atom stereocenters. The van der Waals surface area contributed by atoms with Crippen molar-refractivity contribution in [3.8, 4) is 0 Å². The van der Waals surface area contributed by atoms with Gasteiger partial charge in [0.1, 0.15) is 5.82 Å². The van der Waals surface area contributed by atoms with Crippen molar-refractivity contribution >= 4 is 5.97 Å². The van der Waals surface area contributed by atoms with Crippen molar-refractivity contribution < 1.29 is 14.3 Å².